The van der Waals surface area contributed by atoms with Crippen LogP contribution in [0.1, 0.15) is 20.8 Å². The molecule has 1 saturated heterocycles. The maximum Gasteiger partial charge on any atom is 0.247 e. The van der Waals surface area contributed by atoms with Gasteiger partial charge in [0.1, 0.15) is 6.61 Å². The fourth-order valence-corrected chi connectivity index (χ4v) is 2.75. The van der Waals surface area contributed by atoms with E-state index < -0.39 is 8.32 Å². The van der Waals surface area contributed by atoms with Crippen molar-refractivity contribution >= 4 is 14.2 Å². The monoisotopic (exact) mass is 296 g/mol. The Labute approximate surface area is 124 Å². The average molecular weight is 296 g/mol. The summed E-state index contributed by atoms with van der Waals surface area (Å²) < 4.78 is 5.98. The van der Waals surface area contributed by atoms with Gasteiger partial charge < -0.3 is 9.33 Å². The Bertz CT molecular complexity index is 374. The number of rotatable bonds is 4. The molecule has 0 spiro atoms. The summed E-state index contributed by atoms with van der Waals surface area (Å²) in [6.07, 6.45) is 5.30. The van der Waals surface area contributed by atoms with Gasteiger partial charge in [0.25, 0.3) is 0 Å². The molecule has 5 heteroatoms. The number of hydrogen-bond acceptors (Lipinski definition) is 3. The van der Waals surface area contributed by atoms with Gasteiger partial charge in [-0.1, -0.05) is 26.7 Å². The van der Waals surface area contributed by atoms with Gasteiger partial charge in [0.05, 0.1) is 6.54 Å². The highest BCUT2D eigenvalue weighted by Gasteiger charge is 2.38. The van der Waals surface area contributed by atoms with Gasteiger partial charge in [-0.3, -0.25) is 9.69 Å². The molecule has 0 aliphatic carbocycles. The van der Waals surface area contributed by atoms with Crippen LogP contribution in [0.5, 0.6) is 0 Å². The number of carbonyl (C=O) groups is 1. The number of carbonyl (C=O) groups excluding carboxylic acids is 1. The van der Waals surface area contributed by atoms with Crippen molar-refractivity contribution in [2.75, 3.05) is 39.3 Å². The third kappa shape index (κ3) is 4.62. The van der Waals surface area contributed by atoms with Gasteiger partial charge in [0.15, 0.2) is 8.32 Å². The molecule has 1 rings (SSSR count). The molecule has 1 heterocycles. The van der Waals surface area contributed by atoms with Crippen molar-refractivity contribution in [2.45, 2.75) is 38.9 Å². The second-order valence-electron chi connectivity index (χ2n) is 6.91. The molecule has 0 saturated carbocycles. The summed E-state index contributed by atoms with van der Waals surface area (Å²) in [6.45, 7) is 15.0. The number of nitrogens with zero attached hydrogens (tertiary/aromatic N) is 2. The lowest BCUT2D eigenvalue weighted by atomic mass is 10.2. The molecule has 0 atom stereocenters. The highest BCUT2D eigenvalue weighted by atomic mass is 28.4. The largest absolute Gasteiger partial charge is 0.408 e. The van der Waals surface area contributed by atoms with E-state index >= 15 is 0 Å². The third-order valence-corrected chi connectivity index (χ3v) is 8.88. The van der Waals surface area contributed by atoms with Crippen LogP contribution in [0, 0.1) is 12.3 Å². The van der Waals surface area contributed by atoms with Crippen molar-refractivity contribution in [3.05, 3.63) is 0 Å². The van der Waals surface area contributed by atoms with Crippen LogP contribution in [-0.2, 0) is 9.22 Å². The van der Waals surface area contributed by atoms with Gasteiger partial charge in [0.2, 0.25) is 5.91 Å². The molecule has 1 fully saturated rings. The van der Waals surface area contributed by atoms with Crippen molar-refractivity contribution in [3.63, 3.8) is 0 Å². The molecular weight excluding hydrogens is 268 g/mol. The highest BCUT2D eigenvalue weighted by molar-refractivity contribution is 6.74. The van der Waals surface area contributed by atoms with E-state index in [4.69, 9.17) is 10.8 Å². The van der Waals surface area contributed by atoms with Gasteiger partial charge in [-0.2, -0.15) is 0 Å². The predicted molar refractivity (Wildman–Crippen MR) is 85.0 cm³/mol. The number of hydrogen-bond donors (Lipinski definition) is 0. The van der Waals surface area contributed by atoms with E-state index in [1.54, 1.807) is 0 Å². The zero-order valence-corrected chi connectivity index (χ0v) is 14.5. The maximum absolute atomic E-state index is 12.2. The van der Waals surface area contributed by atoms with E-state index in [1.165, 1.54) is 0 Å². The molecular formula is C15H28N2O2Si. The van der Waals surface area contributed by atoms with Gasteiger partial charge in [0, 0.05) is 26.2 Å². The summed E-state index contributed by atoms with van der Waals surface area (Å²) in [4.78, 5) is 16.3. The Hall–Kier alpha value is -0.833. The molecule has 0 N–H and O–H groups in total. The molecule has 1 aliphatic heterocycles. The summed E-state index contributed by atoms with van der Waals surface area (Å²) in [5.74, 6) is 2.75. The molecule has 1 aliphatic rings. The van der Waals surface area contributed by atoms with E-state index in [0.29, 0.717) is 6.54 Å². The second-order valence-corrected chi connectivity index (χ2v) is 11.7. The Morgan fingerprint density at radius 2 is 1.80 bits per heavy atom. The second kappa shape index (κ2) is 6.75. The van der Waals surface area contributed by atoms with Crippen molar-refractivity contribution < 1.29 is 9.22 Å². The first kappa shape index (κ1) is 17.2. The van der Waals surface area contributed by atoms with Crippen molar-refractivity contribution in [2.24, 2.45) is 0 Å². The van der Waals surface area contributed by atoms with Gasteiger partial charge in [-0.05, 0) is 18.1 Å². The Kier molecular flexibility index (Phi) is 5.81. The van der Waals surface area contributed by atoms with Crippen LogP contribution in [0.3, 0.4) is 0 Å². The van der Waals surface area contributed by atoms with Gasteiger partial charge in [-0.15, -0.1) is 6.42 Å². The standard InChI is InChI=1S/C15H28N2O2Si/c1-7-8-16-9-11-17(12-10-16)14(18)13-19-20(5,6)15(2,3)4/h1H,8-13H2,2-6H3. The van der Waals surface area contributed by atoms with Crippen molar-refractivity contribution in [1.29, 1.82) is 0 Å². The first-order chi connectivity index (χ1) is 9.17. The van der Waals surface area contributed by atoms with E-state index in [2.05, 4.69) is 44.7 Å². The number of amides is 1. The van der Waals surface area contributed by atoms with E-state index in [9.17, 15) is 4.79 Å². The summed E-state index contributed by atoms with van der Waals surface area (Å²) in [7, 11) is -1.84. The smallest absolute Gasteiger partial charge is 0.247 e. The van der Waals surface area contributed by atoms with E-state index in [0.717, 1.165) is 26.2 Å². The predicted octanol–water partition coefficient (Wildman–Crippen LogP) is 1.79. The molecule has 0 aromatic carbocycles. The molecule has 4 nitrogen and oxygen atoms in total. The number of piperazine rings is 1. The first-order valence-electron chi connectivity index (χ1n) is 7.25. The average Bonchev–Trinajstić information content (AvgIpc) is 2.36. The molecule has 0 aromatic rings. The van der Waals surface area contributed by atoms with Crippen LogP contribution < -0.4 is 0 Å². The molecule has 0 radical (unpaired) electrons. The zero-order valence-electron chi connectivity index (χ0n) is 13.5. The minimum Gasteiger partial charge on any atom is -0.408 e. The maximum atomic E-state index is 12.2. The zero-order chi connectivity index (χ0) is 15.4. The summed E-state index contributed by atoms with van der Waals surface area (Å²) >= 11 is 0. The van der Waals surface area contributed by atoms with Crippen LogP contribution in [-0.4, -0.2) is 63.4 Å². The normalized spacial score (nSPS) is 17.9. The van der Waals surface area contributed by atoms with Crippen LogP contribution in [0.15, 0.2) is 0 Å². The fourth-order valence-electron chi connectivity index (χ4n) is 1.83. The van der Waals surface area contributed by atoms with Crippen LogP contribution in [0.25, 0.3) is 0 Å². The minimum absolute atomic E-state index is 0.107. The topological polar surface area (TPSA) is 32.8 Å². The molecule has 0 aromatic heterocycles. The Morgan fingerprint density at radius 1 is 1.25 bits per heavy atom. The Balaban J connectivity index is 2.40. The third-order valence-electron chi connectivity index (χ3n) is 4.40. The fraction of sp³-hybridized carbons (Fsp3) is 0.800. The lowest BCUT2D eigenvalue weighted by molar-refractivity contribution is -0.135. The molecule has 114 valence electrons. The van der Waals surface area contributed by atoms with Crippen LogP contribution in [0.4, 0.5) is 0 Å². The molecule has 20 heavy (non-hydrogen) atoms. The SMILES string of the molecule is C#CCN1CCN(C(=O)CO[Si](C)(C)C(C)(C)C)CC1. The van der Waals surface area contributed by atoms with E-state index in [1.807, 2.05) is 4.90 Å². The van der Waals surface area contributed by atoms with Crippen molar-refractivity contribution in [3.8, 4) is 12.3 Å². The quantitative estimate of drug-likeness (QED) is 0.586. The molecule has 1 amide bonds. The highest BCUT2D eigenvalue weighted by Crippen LogP contribution is 2.36. The van der Waals surface area contributed by atoms with Crippen molar-refractivity contribution in [1.82, 2.24) is 9.80 Å². The van der Waals surface area contributed by atoms with E-state index in [-0.39, 0.29) is 17.6 Å². The Morgan fingerprint density at radius 3 is 2.25 bits per heavy atom. The molecule has 0 bridgehead atoms. The number of terminal acetylenes is 1. The van der Waals surface area contributed by atoms with Gasteiger partial charge >= 0.3 is 0 Å². The lowest BCUT2D eigenvalue weighted by Crippen LogP contribution is -2.51. The van der Waals surface area contributed by atoms with Crippen LogP contribution in [0.2, 0.25) is 18.1 Å². The summed E-state index contributed by atoms with van der Waals surface area (Å²) in [5.41, 5.74) is 0. The summed E-state index contributed by atoms with van der Waals surface area (Å²) in [6, 6.07) is 0. The first-order valence-corrected chi connectivity index (χ1v) is 10.2. The van der Waals surface area contributed by atoms with Crippen LogP contribution >= 0.6 is 0 Å². The lowest BCUT2D eigenvalue weighted by Gasteiger charge is -2.38. The van der Waals surface area contributed by atoms with Gasteiger partial charge in [-0.25, -0.2) is 0 Å². The molecule has 0 unspecified atom stereocenters. The summed E-state index contributed by atoms with van der Waals surface area (Å²) in [5, 5.41) is 0.138. The minimum atomic E-state index is -1.84.